The molecule has 1 aliphatic heterocycles. The highest BCUT2D eigenvalue weighted by Gasteiger charge is 2.17. The second kappa shape index (κ2) is 5.28. The third-order valence-electron chi connectivity index (χ3n) is 3.15. The first-order chi connectivity index (χ1) is 7.65. The number of likely N-dealkylation sites (tertiary alicyclic amines) is 1. The van der Waals surface area contributed by atoms with E-state index < -0.39 is 0 Å². The van der Waals surface area contributed by atoms with Gasteiger partial charge in [-0.1, -0.05) is 28.9 Å². The quantitative estimate of drug-likeness (QED) is 0.799. The number of piperidine rings is 1. The van der Waals surface area contributed by atoms with Gasteiger partial charge in [-0.15, -0.1) is 0 Å². The van der Waals surface area contributed by atoms with E-state index in [1.165, 1.54) is 24.5 Å². The molecule has 0 saturated carbocycles. The molecule has 2 rings (SSSR count). The average molecular weight is 286 g/mol. The molecule has 1 atom stereocenters. The summed E-state index contributed by atoms with van der Waals surface area (Å²) in [4.78, 5) is 2.45. The Morgan fingerprint density at radius 1 is 1.50 bits per heavy atom. The third kappa shape index (κ3) is 3.05. The van der Waals surface area contributed by atoms with Crippen LogP contribution in [0.4, 0.5) is 4.39 Å². The molecule has 16 heavy (non-hydrogen) atoms. The summed E-state index contributed by atoms with van der Waals surface area (Å²) in [6.45, 7) is 5.54. The van der Waals surface area contributed by atoms with Gasteiger partial charge in [0.2, 0.25) is 0 Å². The number of hydrogen-bond donors (Lipinski definition) is 0. The van der Waals surface area contributed by atoms with Crippen LogP contribution in [-0.2, 0) is 6.54 Å². The Balaban J connectivity index is 2.02. The monoisotopic (exact) mass is 285 g/mol. The van der Waals surface area contributed by atoms with E-state index >= 15 is 0 Å². The van der Waals surface area contributed by atoms with Gasteiger partial charge in [-0.05, 0) is 43.0 Å². The highest BCUT2D eigenvalue weighted by atomic mass is 79.9. The van der Waals surface area contributed by atoms with E-state index in [1.54, 1.807) is 6.07 Å². The Kier molecular flexibility index (Phi) is 3.98. The summed E-state index contributed by atoms with van der Waals surface area (Å²) in [5.74, 6) is 0.607. The number of hydrogen-bond acceptors (Lipinski definition) is 1. The van der Waals surface area contributed by atoms with E-state index in [0.717, 1.165) is 30.0 Å². The lowest BCUT2D eigenvalue weighted by Crippen LogP contribution is -2.33. The van der Waals surface area contributed by atoms with Crippen molar-refractivity contribution in [3.63, 3.8) is 0 Å². The van der Waals surface area contributed by atoms with Crippen LogP contribution in [0.25, 0.3) is 0 Å². The summed E-state index contributed by atoms with van der Waals surface area (Å²) >= 11 is 3.42. The molecule has 3 heteroatoms. The first-order valence-corrected chi connectivity index (χ1v) is 6.61. The van der Waals surface area contributed by atoms with Crippen LogP contribution in [0.1, 0.15) is 25.3 Å². The van der Waals surface area contributed by atoms with Crippen LogP contribution in [0.2, 0.25) is 0 Å². The zero-order valence-electron chi connectivity index (χ0n) is 9.55. The lowest BCUT2D eigenvalue weighted by molar-refractivity contribution is 0.176. The molecule has 0 N–H and O–H groups in total. The van der Waals surface area contributed by atoms with E-state index in [9.17, 15) is 4.39 Å². The molecule has 0 aromatic heterocycles. The van der Waals surface area contributed by atoms with Crippen LogP contribution in [0.5, 0.6) is 0 Å². The zero-order valence-corrected chi connectivity index (χ0v) is 11.1. The molecule has 88 valence electrons. The van der Waals surface area contributed by atoms with E-state index in [2.05, 4.69) is 27.8 Å². The first-order valence-electron chi connectivity index (χ1n) is 5.81. The SMILES string of the molecule is CC1CCCN(Cc2ccc(F)cc2Br)C1. The van der Waals surface area contributed by atoms with Crippen LogP contribution in [0.3, 0.4) is 0 Å². The Bertz CT molecular complexity index is 367. The van der Waals surface area contributed by atoms with Crippen LogP contribution in [0, 0.1) is 11.7 Å². The van der Waals surface area contributed by atoms with Crippen molar-refractivity contribution in [2.75, 3.05) is 13.1 Å². The van der Waals surface area contributed by atoms with Crippen molar-refractivity contribution in [1.29, 1.82) is 0 Å². The van der Waals surface area contributed by atoms with Gasteiger partial charge < -0.3 is 0 Å². The van der Waals surface area contributed by atoms with E-state index in [4.69, 9.17) is 0 Å². The zero-order chi connectivity index (χ0) is 11.5. The lowest BCUT2D eigenvalue weighted by Gasteiger charge is -2.31. The van der Waals surface area contributed by atoms with Gasteiger partial charge in [0.25, 0.3) is 0 Å². The number of halogens is 2. The average Bonchev–Trinajstić information content (AvgIpc) is 2.22. The topological polar surface area (TPSA) is 3.24 Å². The van der Waals surface area contributed by atoms with Crippen molar-refractivity contribution in [3.8, 4) is 0 Å². The molecule has 0 radical (unpaired) electrons. The summed E-state index contributed by atoms with van der Waals surface area (Å²) < 4.78 is 13.8. The van der Waals surface area contributed by atoms with Gasteiger partial charge >= 0.3 is 0 Å². The van der Waals surface area contributed by atoms with Crippen LogP contribution < -0.4 is 0 Å². The fourth-order valence-corrected chi connectivity index (χ4v) is 2.80. The molecule has 1 aromatic carbocycles. The molecular weight excluding hydrogens is 269 g/mol. The smallest absolute Gasteiger partial charge is 0.124 e. The molecule has 0 amide bonds. The molecule has 1 nitrogen and oxygen atoms in total. The van der Waals surface area contributed by atoms with Gasteiger partial charge in [0.15, 0.2) is 0 Å². The van der Waals surface area contributed by atoms with E-state index in [0.29, 0.717) is 0 Å². The minimum atomic E-state index is -0.178. The van der Waals surface area contributed by atoms with E-state index in [-0.39, 0.29) is 5.82 Å². The molecule has 1 aromatic rings. The lowest BCUT2D eigenvalue weighted by atomic mass is 10.00. The van der Waals surface area contributed by atoms with Crippen molar-refractivity contribution in [1.82, 2.24) is 4.90 Å². The van der Waals surface area contributed by atoms with Crippen LogP contribution in [0.15, 0.2) is 22.7 Å². The number of rotatable bonds is 2. The molecular formula is C13H17BrFN. The summed E-state index contributed by atoms with van der Waals surface area (Å²) in [5.41, 5.74) is 1.18. The van der Waals surface area contributed by atoms with Gasteiger partial charge in [-0.25, -0.2) is 4.39 Å². The van der Waals surface area contributed by atoms with Gasteiger partial charge in [-0.3, -0.25) is 4.90 Å². The predicted molar refractivity (Wildman–Crippen MR) is 67.8 cm³/mol. The maximum Gasteiger partial charge on any atom is 0.124 e. The minimum absolute atomic E-state index is 0.178. The summed E-state index contributed by atoms with van der Waals surface area (Å²) in [5, 5.41) is 0. The maximum atomic E-state index is 12.9. The Hall–Kier alpha value is -0.410. The molecule has 1 fully saturated rings. The summed E-state index contributed by atoms with van der Waals surface area (Å²) in [7, 11) is 0. The van der Waals surface area contributed by atoms with E-state index in [1.807, 2.05) is 6.07 Å². The fourth-order valence-electron chi connectivity index (χ4n) is 2.32. The number of nitrogens with zero attached hydrogens (tertiary/aromatic N) is 1. The molecule has 1 unspecified atom stereocenters. The molecule has 1 saturated heterocycles. The van der Waals surface area contributed by atoms with Gasteiger partial charge in [0.1, 0.15) is 5.82 Å². The third-order valence-corrected chi connectivity index (χ3v) is 3.89. The standard InChI is InChI=1S/C13H17BrFN/c1-10-3-2-6-16(8-10)9-11-4-5-12(15)7-13(11)14/h4-5,7,10H,2-3,6,8-9H2,1H3. The second-order valence-electron chi connectivity index (χ2n) is 4.72. The summed E-state index contributed by atoms with van der Waals surface area (Å²) in [6, 6.07) is 4.95. The Morgan fingerprint density at radius 3 is 3.00 bits per heavy atom. The Labute approximate surface area is 105 Å². The highest BCUT2D eigenvalue weighted by molar-refractivity contribution is 9.10. The second-order valence-corrected chi connectivity index (χ2v) is 5.57. The van der Waals surface area contributed by atoms with Crippen molar-refractivity contribution in [2.24, 2.45) is 5.92 Å². The van der Waals surface area contributed by atoms with Crippen molar-refractivity contribution in [3.05, 3.63) is 34.1 Å². The normalized spacial score (nSPS) is 22.3. The maximum absolute atomic E-state index is 12.9. The first kappa shape index (κ1) is 12.1. The highest BCUT2D eigenvalue weighted by Crippen LogP contribution is 2.22. The summed E-state index contributed by atoms with van der Waals surface area (Å²) in [6.07, 6.45) is 2.61. The Morgan fingerprint density at radius 2 is 2.31 bits per heavy atom. The molecule has 0 bridgehead atoms. The van der Waals surface area contributed by atoms with Gasteiger partial charge in [-0.2, -0.15) is 0 Å². The molecule has 0 aliphatic carbocycles. The number of benzene rings is 1. The largest absolute Gasteiger partial charge is 0.299 e. The van der Waals surface area contributed by atoms with Crippen molar-refractivity contribution >= 4 is 15.9 Å². The molecule has 0 spiro atoms. The molecule has 1 aliphatic rings. The van der Waals surface area contributed by atoms with Crippen LogP contribution in [-0.4, -0.2) is 18.0 Å². The van der Waals surface area contributed by atoms with Gasteiger partial charge in [0, 0.05) is 17.6 Å². The fraction of sp³-hybridized carbons (Fsp3) is 0.538. The van der Waals surface area contributed by atoms with Crippen molar-refractivity contribution < 1.29 is 4.39 Å². The van der Waals surface area contributed by atoms with Crippen molar-refractivity contribution in [2.45, 2.75) is 26.3 Å². The predicted octanol–water partition coefficient (Wildman–Crippen LogP) is 3.82. The minimum Gasteiger partial charge on any atom is -0.299 e. The molecule has 1 heterocycles. The van der Waals surface area contributed by atoms with Gasteiger partial charge in [0.05, 0.1) is 0 Å². The van der Waals surface area contributed by atoms with Crippen LogP contribution >= 0.6 is 15.9 Å².